The van der Waals surface area contributed by atoms with Crippen molar-refractivity contribution in [2.75, 3.05) is 39.4 Å². The molecule has 5 heteroatoms. The zero-order valence-electron chi connectivity index (χ0n) is 10.9. The van der Waals surface area contributed by atoms with Gasteiger partial charge in [0.25, 0.3) is 0 Å². The van der Waals surface area contributed by atoms with Crippen LogP contribution in [0.3, 0.4) is 0 Å². The predicted molar refractivity (Wildman–Crippen MR) is 67.9 cm³/mol. The van der Waals surface area contributed by atoms with Gasteiger partial charge in [-0.15, -0.1) is 0 Å². The summed E-state index contributed by atoms with van der Waals surface area (Å²) in [5.74, 6) is 0.728. The number of nitrogens with one attached hydrogen (secondary N) is 3. The van der Waals surface area contributed by atoms with E-state index in [0.29, 0.717) is 25.6 Å². The summed E-state index contributed by atoms with van der Waals surface area (Å²) in [6.07, 6.45) is 1.07. The molecule has 0 aromatic carbocycles. The first-order valence-corrected chi connectivity index (χ1v) is 6.49. The fourth-order valence-electron chi connectivity index (χ4n) is 1.63. The highest BCUT2D eigenvalue weighted by Crippen LogP contribution is 1.98. The van der Waals surface area contributed by atoms with Crippen molar-refractivity contribution in [2.45, 2.75) is 26.3 Å². The van der Waals surface area contributed by atoms with Gasteiger partial charge in [0.2, 0.25) is 5.91 Å². The molecule has 3 N–H and O–H groups in total. The van der Waals surface area contributed by atoms with Crippen molar-refractivity contribution in [3.63, 3.8) is 0 Å². The van der Waals surface area contributed by atoms with E-state index in [-0.39, 0.29) is 11.9 Å². The van der Waals surface area contributed by atoms with E-state index in [1.807, 2.05) is 0 Å². The summed E-state index contributed by atoms with van der Waals surface area (Å²) in [6.45, 7) is 8.80. The standard InChI is InChI=1S/C12H25N3O2/c1-10(2)3-7-17-8-6-15-12(16)11-9-13-4-5-14-11/h10-11,13-14H,3-9H2,1-2H3,(H,15,16). The Morgan fingerprint density at radius 2 is 2.24 bits per heavy atom. The minimum atomic E-state index is -0.0978. The molecule has 0 aromatic rings. The molecule has 0 bridgehead atoms. The Balaban J connectivity index is 1.96. The second kappa shape index (κ2) is 8.44. The van der Waals surface area contributed by atoms with Gasteiger partial charge in [-0.1, -0.05) is 13.8 Å². The monoisotopic (exact) mass is 243 g/mol. The molecule has 17 heavy (non-hydrogen) atoms. The van der Waals surface area contributed by atoms with Gasteiger partial charge in [0.05, 0.1) is 12.6 Å². The topological polar surface area (TPSA) is 62.4 Å². The molecule has 1 unspecified atom stereocenters. The Morgan fingerprint density at radius 3 is 2.88 bits per heavy atom. The second-order valence-electron chi connectivity index (χ2n) is 4.80. The van der Waals surface area contributed by atoms with E-state index in [9.17, 15) is 4.79 Å². The first-order valence-electron chi connectivity index (χ1n) is 6.49. The zero-order valence-corrected chi connectivity index (χ0v) is 10.9. The molecule has 1 aliphatic rings. The van der Waals surface area contributed by atoms with Crippen molar-refractivity contribution >= 4 is 5.91 Å². The van der Waals surface area contributed by atoms with Crippen LogP contribution >= 0.6 is 0 Å². The van der Waals surface area contributed by atoms with Crippen LogP contribution in [0.25, 0.3) is 0 Å². The highest BCUT2D eigenvalue weighted by molar-refractivity contribution is 5.82. The minimum Gasteiger partial charge on any atom is -0.380 e. The molecule has 1 fully saturated rings. The highest BCUT2D eigenvalue weighted by atomic mass is 16.5. The molecular formula is C12H25N3O2. The fourth-order valence-corrected chi connectivity index (χ4v) is 1.63. The smallest absolute Gasteiger partial charge is 0.238 e. The van der Waals surface area contributed by atoms with Crippen molar-refractivity contribution in [3.05, 3.63) is 0 Å². The molecule has 1 atom stereocenters. The van der Waals surface area contributed by atoms with Crippen LogP contribution in [0.1, 0.15) is 20.3 Å². The van der Waals surface area contributed by atoms with Gasteiger partial charge in [-0.2, -0.15) is 0 Å². The molecule has 1 heterocycles. The molecule has 100 valence electrons. The lowest BCUT2D eigenvalue weighted by Crippen LogP contribution is -2.56. The van der Waals surface area contributed by atoms with E-state index in [1.165, 1.54) is 0 Å². The largest absolute Gasteiger partial charge is 0.380 e. The van der Waals surface area contributed by atoms with Gasteiger partial charge < -0.3 is 20.7 Å². The molecule has 1 saturated heterocycles. The van der Waals surface area contributed by atoms with Crippen LogP contribution in [0.2, 0.25) is 0 Å². The highest BCUT2D eigenvalue weighted by Gasteiger charge is 2.19. The van der Waals surface area contributed by atoms with Crippen LogP contribution in [-0.4, -0.2) is 51.3 Å². The summed E-state index contributed by atoms with van der Waals surface area (Å²) < 4.78 is 5.43. The van der Waals surface area contributed by atoms with E-state index < -0.39 is 0 Å². The van der Waals surface area contributed by atoms with Crippen LogP contribution in [0.5, 0.6) is 0 Å². The average molecular weight is 243 g/mol. The number of piperazine rings is 1. The molecule has 5 nitrogen and oxygen atoms in total. The van der Waals surface area contributed by atoms with Crippen LogP contribution < -0.4 is 16.0 Å². The maximum Gasteiger partial charge on any atom is 0.238 e. The lowest BCUT2D eigenvalue weighted by Gasteiger charge is -2.23. The van der Waals surface area contributed by atoms with Crippen LogP contribution in [0.4, 0.5) is 0 Å². The molecule has 0 aromatic heterocycles. The summed E-state index contributed by atoms with van der Waals surface area (Å²) in [5, 5.41) is 9.23. The van der Waals surface area contributed by atoms with E-state index in [4.69, 9.17) is 4.74 Å². The second-order valence-corrected chi connectivity index (χ2v) is 4.80. The first kappa shape index (κ1) is 14.4. The molecule has 1 aliphatic heterocycles. The Labute approximate surface area is 104 Å². The third kappa shape index (κ3) is 6.61. The summed E-state index contributed by atoms with van der Waals surface area (Å²) >= 11 is 0. The number of carbonyl (C=O) groups is 1. The maximum atomic E-state index is 11.7. The molecular weight excluding hydrogens is 218 g/mol. The van der Waals surface area contributed by atoms with Gasteiger partial charge in [0.15, 0.2) is 0 Å². The van der Waals surface area contributed by atoms with Gasteiger partial charge >= 0.3 is 0 Å². The molecule has 1 rings (SSSR count). The molecule has 0 aliphatic carbocycles. The number of amides is 1. The van der Waals surface area contributed by atoms with Crippen molar-refractivity contribution in [3.8, 4) is 0 Å². The van der Waals surface area contributed by atoms with Crippen molar-refractivity contribution < 1.29 is 9.53 Å². The predicted octanol–water partition coefficient (Wildman–Crippen LogP) is -0.273. The molecule has 0 spiro atoms. The number of hydrogen-bond donors (Lipinski definition) is 3. The Bertz CT molecular complexity index is 216. The van der Waals surface area contributed by atoms with E-state index in [0.717, 1.165) is 26.1 Å². The van der Waals surface area contributed by atoms with Gasteiger partial charge in [0, 0.05) is 32.8 Å². The SMILES string of the molecule is CC(C)CCOCCNC(=O)C1CNCCN1. The quantitative estimate of drug-likeness (QED) is 0.539. The van der Waals surface area contributed by atoms with E-state index in [2.05, 4.69) is 29.8 Å². The lowest BCUT2D eigenvalue weighted by molar-refractivity contribution is -0.123. The fraction of sp³-hybridized carbons (Fsp3) is 0.917. The van der Waals surface area contributed by atoms with Crippen LogP contribution in [-0.2, 0) is 9.53 Å². The van der Waals surface area contributed by atoms with Crippen molar-refractivity contribution in [1.29, 1.82) is 0 Å². The first-order chi connectivity index (χ1) is 8.20. The number of rotatable bonds is 7. The van der Waals surface area contributed by atoms with E-state index >= 15 is 0 Å². The van der Waals surface area contributed by atoms with Gasteiger partial charge in [-0.3, -0.25) is 4.79 Å². The number of carbonyl (C=O) groups excluding carboxylic acids is 1. The Morgan fingerprint density at radius 1 is 1.41 bits per heavy atom. The normalized spacial score (nSPS) is 20.5. The summed E-state index contributed by atoms with van der Waals surface area (Å²) in [5.41, 5.74) is 0. The zero-order chi connectivity index (χ0) is 12.5. The van der Waals surface area contributed by atoms with E-state index in [1.54, 1.807) is 0 Å². The van der Waals surface area contributed by atoms with Gasteiger partial charge in [-0.25, -0.2) is 0 Å². The summed E-state index contributed by atoms with van der Waals surface area (Å²) in [6, 6.07) is -0.0978. The van der Waals surface area contributed by atoms with Crippen molar-refractivity contribution in [2.24, 2.45) is 5.92 Å². The van der Waals surface area contributed by atoms with Crippen molar-refractivity contribution in [1.82, 2.24) is 16.0 Å². The Hall–Kier alpha value is -0.650. The summed E-state index contributed by atoms with van der Waals surface area (Å²) in [7, 11) is 0. The summed E-state index contributed by atoms with van der Waals surface area (Å²) in [4.78, 5) is 11.7. The van der Waals surface area contributed by atoms with Crippen LogP contribution in [0.15, 0.2) is 0 Å². The average Bonchev–Trinajstić information content (AvgIpc) is 2.34. The number of ether oxygens (including phenoxy) is 1. The van der Waals surface area contributed by atoms with Gasteiger partial charge in [0.1, 0.15) is 0 Å². The van der Waals surface area contributed by atoms with Crippen LogP contribution in [0, 0.1) is 5.92 Å². The minimum absolute atomic E-state index is 0.0599. The third-order valence-corrected chi connectivity index (χ3v) is 2.74. The maximum absolute atomic E-state index is 11.7. The molecule has 0 saturated carbocycles. The lowest BCUT2D eigenvalue weighted by atomic mass is 10.1. The molecule has 0 radical (unpaired) electrons. The third-order valence-electron chi connectivity index (χ3n) is 2.74. The van der Waals surface area contributed by atoms with Gasteiger partial charge in [-0.05, 0) is 12.3 Å². The molecule has 1 amide bonds. The number of hydrogen-bond acceptors (Lipinski definition) is 4. The Kier molecular flexibility index (Phi) is 7.16.